The molecule has 2 aromatic rings. The zero-order chi connectivity index (χ0) is 21.3. The highest BCUT2D eigenvalue weighted by Crippen LogP contribution is 2.22. The fraction of sp³-hybridized carbons (Fsp3) is 0.316. The van der Waals surface area contributed by atoms with Crippen molar-refractivity contribution in [1.82, 2.24) is 10.6 Å². The molecule has 0 fully saturated rings. The van der Waals surface area contributed by atoms with Crippen molar-refractivity contribution >= 4 is 29.9 Å². The van der Waals surface area contributed by atoms with Crippen LogP contribution in [0, 0.1) is 0 Å². The number of ether oxygens (including phenoxy) is 2. The summed E-state index contributed by atoms with van der Waals surface area (Å²) in [4.78, 5) is 4.01. The van der Waals surface area contributed by atoms with E-state index in [2.05, 4.69) is 20.4 Å². The fourth-order valence-electron chi connectivity index (χ4n) is 2.39. The Balaban J connectivity index is 0.00000450. The molecule has 0 saturated carbocycles. The lowest BCUT2D eigenvalue weighted by Gasteiger charge is -2.16. The summed E-state index contributed by atoms with van der Waals surface area (Å²) in [6.07, 6.45) is -4.44. The summed E-state index contributed by atoms with van der Waals surface area (Å²) in [6.45, 7) is -4.04. The number of hydrogen-bond donors (Lipinski definition) is 2. The molecule has 0 aliphatic heterocycles. The first-order valence-corrected chi connectivity index (χ1v) is 8.53. The lowest BCUT2D eigenvalue weighted by molar-refractivity contribution is -0.153. The van der Waals surface area contributed by atoms with Crippen molar-refractivity contribution in [3.8, 4) is 11.5 Å². The van der Waals surface area contributed by atoms with Gasteiger partial charge < -0.3 is 20.1 Å². The molecule has 30 heavy (non-hydrogen) atoms. The van der Waals surface area contributed by atoms with Gasteiger partial charge in [-0.15, -0.1) is 24.0 Å². The minimum absolute atomic E-state index is 0. The molecule has 0 radical (unpaired) electrons. The summed E-state index contributed by atoms with van der Waals surface area (Å²) < 4.78 is 71.4. The number of benzene rings is 2. The first-order valence-electron chi connectivity index (χ1n) is 8.53. The Morgan fingerprint density at radius 3 is 1.93 bits per heavy atom. The highest BCUT2D eigenvalue weighted by atomic mass is 127. The number of aliphatic imine (C=N–C) groups is 1. The molecule has 5 nitrogen and oxygen atoms in total. The Labute approximate surface area is 187 Å². The molecular weight excluding hydrogens is 524 g/mol. The smallest absolute Gasteiger partial charge is 0.422 e. The maximum absolute atomic E-state index is 12.5. The van der Waals surface area contributed by atoms with Crippen LogP contribution in [0.4, 0.5) is 22.0 Å². The second kappa shape index (κ2) is 12.4. The number of guanidine groups is 1. The van der Waals surface area contributed by atoms with Crippen LogP contribution in [-0.4, -0.2) is 32.4 Å². The molecule has 166 valence electrons. The van der Waals surface area contributed by atoms with Gasteiger partial charge in [0.25, 0.3) is 0 Å². The Bertz CT molecular complexity index is 819. The van der Waals surface area contributed by atoms with Gasteiger partial charge in [0.1, 0.15) is 11.5 Å². The molecule has 2 rings (SSSR count). The molecule has 2 N–H and O–H groups in total. The second-order valence-corrected chi connectivity index (χ2v) is 5.78. The Kier molecular flexibility index (Phi) is 10.6. The van der Waals surface area contributed by atoms with Gasteiger partial charge in [-0.3, -0.25) is 4.99 Å². The van der Waals surface area contributed by atoms with E-state index in [1.165, 1.54) is 19.2 Å². The Hall–Kier alpha value is -2.31. The number of halogens is 6. The average molecular weight is 545 g/mol. The topological polar surface area (TPSA) is 54.9 Å². The van der Waals surface area contributed by atoms with Gasteiger partial charge in [0, 0.05) is 31.3 Å². The molecule has 0 aromatic heterocycles. The van der Waals surface area contributed by atoms with Gasteiger partial charge >= 0.3 is 12.8 Å². The highest BCUT2D eigenvalue weighted by molar-refractivity contribution is 14.0. The highest BCUT2D eigenvalue weighted by Gasteiger charge is 2.28. The number of nitrogens with one attached hydrogen (secondary N) is 2. The van der Waals surface area contributed by atoms with E-state index in [-0.39, 0.29) is 48.6 Å². The van der Waals surface area contributed by atoms with E-state index in [1.807, 2.05) is 0 Å². The fourth-order valence-corrected chi connectivity index (χ4v) is 2.39. The molecule has 0 aliphatic carbocycles. The third kappa shape index (κ3) is 9.01. The maximum atomic E-state index is 12.5. The van der Waals surface area contributed by atoms with E-state index in [4.69, 9.17) is 4.74 Å². The summed E-state index contributed by atoms with van der Waals surface area (Å²) in [5, 5.41) is 5.88. The van der Waals surface area contributed by atoms with E-state index in [0.717, 1.165) is 0 Å². The zero-order valence-electron chi connectivity index (χ0n) is 15.9. The number of alkyl halides is 5. The summed E-state index contributed by atoms with van der Waals surface area (Å²) in [5.41, 5.74) is 0.991. The van der Waals surface area contributed by atoms with Crippen molar-refractivity contribution in [3.05, 3.63) is 59.7 Å². The van der Waals surface area contributed by atoms with E-state index < -0.39 is 19.4 Å². The first-order chi connectivity index (χ1) is 13.8. The van der Waals surface area contributed by atoms with Crippen molar-refractivity contribution in [1.29, 1.82) is 0 Å². The van der Waals surface area contributed by atoms with Crippen molar-refractivity contribution in [2.24, 2.45) is 4.99 Å². The Morgan fingerprint density at radius 2 is 1.43 bits per heavy atom. The van der Waals surface area contributed by atoms with E-state index >= 15 is 0 Å². The van der Waals surface area contributed by atoms with Gasteiger partial charge in [0.15, 0.2) is 12.6 Å². The van der Waals surface area contributed by atoms with Crippen LogP contribution in [0.3, 0.4) is 0 Å². The molecule has 0 saturated heterocycles. The SMILES string of the molecule is CN=C(NCc1ccccc1OCC(F)(F)F)NCc1ccccc1OC(F)F.I. The molecule has 11 heteroatoms. The van der Waals surface area contributed by atoms with Crippen LogP contribution in [0.2, 0.25) is 0 Å². The van der Waals surface area contributed by atoms with Crippen LogP contribution in [0.15, 0.2) is 53.5 Å². The number of para-hydroxylation sites is 2. The van der Waals surface area contributed by atoms with E-state index in [1.54, 1.807) is 36.4 Å². The monoisotopic (exact) mass is 545 g/mol. The van der Waals surface area contributed by atoms with E-state index in [9.17, 15) is 22.0 Å². The third-order valence-electron chi connectivity index (χ3n) is 3.67. The standard InChI is InChI=1S/C19H20F5N3O2.HI/c1-25-18(27-11-14-7-3-5-9-16(14)29-17(20)21)26-10-13-6-2-4-8-15(13)28-12-19(22,23)24;/h2-9,17H,10-12H2,1H3,(H2,25,26,27);1H. The second-order valence-electron chi connectivity index (χ2n) is 5.78. The minimum atomic E-state index is -4.44. The lowest BCUT2D eigenvalue weighted by Crippen LogP contribution is -2.36. The van der Waals surface area contributed by atoms with Gasteiger partial charge in [-0.1, -0.05) is 36.4 Å². The minimum Gasteiger partial charge on any atom is -0.484 e. The van der Waals surface area contributed by atoms with Gasteiger partial charge in [0.2, 0.25) is 0 Å². The van der Waals surface area contributed by atoms with Crippen LogP contribution in [0.25, 0.3) is 0 Å². The van der Waals surface area contributed by atoms with Gasteiger partial charge in [-0.2, -0.15) is 22.0 Å². The molecular formula is C19H21F5IN3O2. The molecule has 2 aromatic carbocycles. The van der Waals surface area contributed by atoms with Crippen molar-refractivity contribution in [3.63, 3.8) is 0 Å². The van der Waals surface area contributed by atoms with Crippen LogP contribution in [0.5, 0.6) is 11.5 Å². The van der Waals surface area contributed by atoms with Crippen molar-refractivity contribution in [2.45, 2.75) is 25.9 Å². The molecule has 0 bridgehead atoms. The van der Waals surface area contributed by atoms with Crippen LogP contribution < -0.4 is 20.1 Å². The first kappa shape index (κ1) is 25.7. The van der Waals surface area contributed by atoms with Crippen LogP contribution in [0.1, 0.15) is 11.1 Å². The van der Waals surface area contributed by atoms with Crippen LogP contribution in [-0.2, 0) is 13.1 Å². The summed E-state index contributed by atoms with van der Waals surface area (Å²) in [6, 6.07) is 12.6. The van der Waals surface area contributed by atoms with Crippen molar-refractivity contribution in [2.75, 3.05) is 13.7 Å². The van der Waals surface area contributed by atoms with E-state index in [0.29, 0.717) is 17.1 Å². The third-order valence-corrected chi connectivity index (χ3v) is 3.67. The average Bonchev–Trinajstić information content (AvgIpc) is 2.67. The number of hydrogen-bond acceptors (Lipinski definition) is 3. The quantitative estimate of drug-likeness (QED) is 0.219. The van der Waals surface area contributed by atoms with Gasteiger partial charge in [-0.05, 0) is 12.1 Å². The molecule has 0 atom stereocenters. The molecule has 0 spiro atoms. The predicted octanol–water partition coefficient (Wildman–Crippen LogP) is 4.71. The molecule has 0 amide bonds. The lowest BCUT2D eigenvalue weighted by atomic mass is 10.2. The van der Waals surface area contributed by atoms with Crippen molar-refractivity contribution < 1.29 is 31.4 Å². The predicted molar refractivity (Wildman–Crippen MR) is 114 cm³/mol. The van der Waals surface area contributed by atoms with Gasteiger partial charge in [0.05, 0.1) is 0 Å². The largest absolute Gasteiger partial charge is 0.484 e. The summed E-state index contributed by atoms with van der Waals surface area (Å²) >= 11 is 0. The number of rotatable bonds is 8. The molecule has 0 unspecified atom stereocenters. The van der Waals surface area contributed by atoms with Crippen LogP contribution >= 0.6 is 24.0 Å². The number of nitrogens with zero attached hydrogens (tertiary/aromatic N) is 1. The van der Waals surface area contributed by atoms with Gasteiger partial charge in [-0.25, -0.2) is 0 Å². The molecule has 0 heterocycles. The summed E-state index contributed by atoms with van der Waals surface area (Å²) in [7, 11) is 1.50. The maximum Gasteiger partial charge on any atom is 0.422 e. The zero-order valence-corrected chi connectivity index (χ0v) is 18.2. The normalized spacial score (nSPS) is 11.6. The summed E-state index contributed by atoms with van der Waals surface area (Å²) in [5.74, 6) is 0.460. The Morgan fingerprint density at radius 1 is 0.933 bits per heavy atom. The molecule has 0 aliphatic rings.